The summed E-state index contributed by atoms with van der Waals surface area (Å²) in [5, 5.41) is 7.87. The maximum atomic E-state index is 12.2. The van der Waals surface area contributed by atoms with Crippen LogP contribution in [0.2, 0.25) is 0 Å². The number of aliphatic hydroxyl groups is 1. The molecular formula is C6H4F6O. The second kappa shape index (κ2) is 3.10. The Morgan fingerprint density at radius 3 is 1.69 bits per heavy atom. The first kappa shape index (κ1) is 12.1. The Balaban J connectivity index is 4.94. The third-order valence-electron chi connectivity index (χ3n) is 1.18. The van der Waals surface area contributed by atoms with Gasteiger partial charge in [0.15, 0.2) is 0 Å². The number of rotatable bonds is 2. The molecule has 0 radical (unpaired) electrons. The Kier molecular flexibility index (Phi) is 2.89. The second-order valence-corrected chi connectivity index (χ2v) is 2.21. The second-order valence-electron chi connectivity index (χ2n) is 2.21. The van der Waals surface area contributed by atoms with Gasteiger partial charge in [0, 0.05) is 0 Å². The standard InChI is InChI=1S/C6H4F6O/c1-2-3-4(7,8)5(9,13)6(10,11)12/h1,13H,3H2. The minimum atomic E-state index is -6.08. The largest absolute Gasteiger partial charge is 0.454 e. The highest BCUT2D eigenvalue weighted by atomic mass is 19.4. The summed E-state index contributed by atoms with van der Waals surface area (Å²) in [6.07, 6.45) is -3.63. The van der Waals surface area contributed by atoms with Crippen molar-refractivity contribution in [3.05, 3.63) is 0 Å². The fourth-order valence-electron chi connectivity index (χ4n) is 0.453. The molecule has 0 heterocycles. The van der Waals surface area contributed by atoms with Crippen LogP contribution in [-0.4, -0.2) is 23.1 Å². The molecule has 0 aliphatic carbocycles. The SMILES string of the molecule is C#CCC(F)(F)C(O)(F)C(F)(F)F. The fourth-order valence-corrected chi connectivity index (χ4v) is 0.453. The molecule has 0 rings (SSSR count). The van der Waals surface area contributed by atoms with Crippen molar-refractivity contribution < 1.29 is 31.4 Å². The van der Waals surface area contributed by atoms with Crippen LogP contribution in [0.4, 0.5) is 26.3 Å². The first-order chi connectivity index (χ1) is 5.56. The maximum absolute atomic E-state index is 12.2. The van der Waals surface area contributed by atoms with E-state index < -0.39 is 24.4 Å². The molecule has 76 valence electrons. The van der Waals surface area contributed by atoms with Crippen LogP contribution < -0.4 is 0 Å². The third-order valence-corrected chi connectivity index (χ3v) is 1.18. The molecule has 1 nitrogen and oxygen atoms in total. The Labute approximate surface area is 69.4 Å². The quantitative estimate of drug-likeness (QED) is 0.540. The van der Waals surface area contributed by atoms with Crippen LogP contribution >= 0.6 is 0 Å². The number of alkyl halides is 6. The molecule has 0 aromatic carbocycles. The van der Waals surface area contributed by atoms with Gasteiger partial charge in [-0.1, -0.05) is 0 Å². The van der Waals surface area contributed by atoms with Gasteiger partial charge in [0.1, 0.15) is 0 Å². The predicted molar refractivity (Wildman–Crippen MR) is 30.5 cm³/mol. The third kappa shape index (κ3) is 2.06. The molecule has 0 aromatic rings. The van der Waals surface area contributed by atoms with Gasteiger partial charge in [-0.15, -0.1) is 12.3 Å². The van der Waals surface area contributed by atoms with Crippen molar-refractivity contribution in [1.82, 2.24) is 0 Å². The van der Waals surface area contributed by atoms with Crippen molar-refractivity contribution in [2.45, 2.75) is 24.4 Å². The zero-order chi connectivity index (χ0) is 10.9. The molecule has 0 bridgehead atoms. The van der Waals surface area contributed by atoms with Gasteiger partial charge < -0.3 is 5.11 Å². The van der Waals surface area contributed by atoms with Crippen LogP contribution in [0.25, 0.3) is 0 Å². The van der Waals surface area contributed by atoms with Gasteiger partial charge in [0.2, 0.25) is 0 Å². The number of hydrogen-bond donors (Lipinski definition) is 1. The molecule has 1 unspecified atom stereocenters. The normalized spacial score (nSPS) is 17.7. The van der Waals surface area contributed by atoms with E-state index in [1.165, 1.54) is 0 Å². The van der Waals surface area contributed by atoms with Crippen molar-refractivity contribution in [3.8, 4) is 12.3 Å². The monoisotopic (exact) mass is 206 g/mol. The van der Waals surface area contributed by atoms with E-state index in [1.807, 2.05) is 0 Å². The van der Waals surface area contributed by atoms with Gasteiger partial charge in [-0.3, -0.25) is 0 Å². The number of terminal acetylenes is 1. The lowest BCUT2D eigenvalue weighted by Crippen LogP contribution is -2.55. The summed E-state index contributed by atoms with van der Waals surface area (Å²) in [6, 6.07) is 0. The lowest BCUT2D eigenvalue weighted by Gasteiger charge is -2.28. The molecule has 7 heteroatoms. The van der Waals surface area contributed by atoms with E-state index in [2.05, 4.69) is 6.42 Å². The van der Waals surface area contributed by atoms with E-state index in [0.717, 1.165) is 5.92 Å². The Bertz CT molecular complexity index is 222. The maximum Gasteiger partial charge on any atom is 0.454 e. The summed E-state index contributed by atoms with van der Waals surface area (Å²) in [7, 11) is 0. The summed E-state index contributed by atoms with van der Waals surface area (Å²) >= 11 is 0. The van der Waals surface area contributed by atoms with Gasteiger partial charge in [-0.05, 0) is 0 Å². The van der Waals surface area contributed by atoms with Gasteiger partial charge >= 0.3 is 18.0 Å². The van der Waals surface area contributed by atoms with Gasteiger partial charge in [-0.2, -0.15) is 26.3 Å². The highest BCUT2D eigenvalue weighted by Gasteiger charge is 2.70. The van der Waals surface area contributed by atoms with Gasteiger partial charge in [0.05, 0.1) is 6.42 Å². The molecule has 13 heavy (non-hydrogen) atoms. The Morgan fingerprint density at radius 1 is 1.08 bits per heavy atom. The molecule has 0 aliphatic rings. The summed E-state index contributed by atoms with van der Waals surface area (Å²) in [5.41, 5.74) is 0. The van der Waals surface area contributed by atoms with Crippen molar-refractivity contribution in [1.29, 1.82) is 0 Å². The average Bonchev–Trinajstić information content (AvgIpc) is 1.84. The van der Waals surface area contributed by atoms with E-state index in [1.54, 1.807) is 0 Å². The van der Waals surface area contributed by atoms with Crippen LogP contribution in [0.5, 0.6) is 0 Å². The van der Waals surface area contributed by atoms with Crippen LogP contribution in [-0.2, 0) is 0 Å². The zero-order valence-electron chi connectivity index (χ0n) is 6.00. The predicted octanol–water partition coefficient (Wildman–Crippen LogP) is 1.87. The topological polar surface area (TPSA) is 20.2 Å². The lowest BCUT2D eigenvalue weighted by molar-refractivity contribution is -0.384. The van der Waals surface area contributed by atoms with E-state index >= 15 is 0 Å². The van der Waals surface area contributed by atoms with E-state index in [9.17, 15) is 26.3 Å². The minimum absolute atomic E-state index is 1.14. The molecular weight excluding hydrogens is 202 g/mol. The zero-order valence-corrected chi connectivity index (χ0v) is 6.00. The first-order valence-corrected chi connectivity index (χ1v) is 2.85. The summed E-state index contributed by atoms with van der Waals surface area (Å²) in [6.45, 7) is 0. The number of hydrogen-bond acceptors (Lipinski definition) is 1. The van der Waals surface area contributed by atoms with E-state index in [4.69, 9.17) is 5.11 Å². The minimum Gasteiger partial charge on any atom is -0.350 e. The van der Waals surface area contributed by atoms with Crippen LogP contribution in [0.15, 0.2) is 0 Å². The lowest BCUT2D eigenvalue weighted by atomic mass is 10.1. The van der Waals surface area contributed by atoms with Gasteiger partial charge in [0.25, 0.3) is 0 Å². The van der Waals surface area contributed by atoms with E-state index in [0.29, 0.717) is 0 Å². The molecule has 0 spiro atoms. The molecule has 0 aromatic heterocycles. The fraction of sp³-hybridized carbons (Fsp3) is 0.667. The van der Waals surface area contributed by atoms with Crippen molar-refractivity contribution >= 4 is 0 Å². The van der Waals surface area contributed by atoms with Crippen molar-refractivity contribution in [2.75, 3.05) is 0 Å². The molecule has 1 atom stereocenters. The van der Waals surface area contributed by atoms with E-state index in [-0.39, 0.29) is 0 Å². The highest BCUT2D eigenvalue weighted by molar-refractivity contribution is 4.99. The van der Waals surface area contributed by atoms with Crippen LogP contribution in [0.3, 0.4) is 0 Å². The summed E-state index contributed by atoms with van der Waals surface area (Å²) in [4.78, 5) is 0. The van der Waals surface area contributed by atoms with Crippen LogP contribution in [0, 0.1) is 12.3 Å². The average molecular weight is 206 g/mol. The summed E-state index contributed by atoms with van der Waals surface area (Å²) in [5.74, 6) is -9.50. The molecule has 0 saturated heterocycles. The number of halogens is 6. The Hall–Kier alpha value is -0.900. The molecule has 0 aliphatic heterocycles. The van der Waals surface area contributed by atoms with Crippen LogP contribution in [0.1, 0.15) is 6.42 Å². The first-order valence-electron chi connectivity index (χ1n) is 2.85. The Morgan fingerprint density at radius 2 is 1.46 bits per heavy atom. The molecule has 0 amide bonds. The molecule has 0 saturated carbocycles. The highest BCUT2D eigenvalue weighted by Crippen LogP contribution is 2.44. The summed E-state index contributed by atoms with van der Waals surface area (Å²) < 4.78 is 71.0. The van der Waals surface area contributed by atoms with Crippen molar-refractivity contribution in [2.24, 2.45) is 0 Å². The molecule has 1 N–H and O–H groups in total. The smallest absolute Gasteiger partial charge is 0.350 e. The van der Waals surface area contributed by atoms with Gasteiger partial charge in [-0.25, -0.2) is 0 Å². The molecule has 0 fully saturated rings. The van der Waals surface area contributed by atoms with Crippen molar-refractivity contribution in [3.63, 3.8) is 0 Å².